The molecule has 44 heavy (non-hydrogen) atoms. The second-order valence-electron chi connectivity index (χ2n) is 12.1. The second kappa shape index (κ2) is 12.6. The molecule has 0 aromatic heterocycles. The Morgan fingerprint density at radius 1 is 1.05 bits per heavy atom. The minimum Gasteiger partial charge on any atom is -0.507 e. The number of para-hydroxylation sites is 1. The van der Waals surface area contributed by atoms with Crippen molar-refractivity contribution in [3.63, 3.8) is 0 Å². The first-order chi connectivity index (χ1) is 21.1. The van der Waals surface area contributed by atoms with Gasteiger partial charge in [-0.15, -0.1) is 6.42 Å². The van der Waals surface area contributed by atoms with Gasteiger partial charge in [0.2, 0.25) is 5.69 Å². The fourth-order valence-corrected chi connectivity index (χ4v) is 6.69. The molecule has 0 amide bonds. The van der Waals surface area contributed by atoms with Gasteiger partial charge in [-0.1, -0.05) is 65.2 Å². The number of unbranched alkanes of at least 4 members (excludes halogenated alkanes) is 1. The Morgan fingerprint density at radius 2 is 1.75 bits per heavy atom. The molecular weight excluding hydrogens is 542 g/mol. The zero-order valence-corrected chi connectivity index (χ0v) is 27.8. The Bertz CT molecular complexity index is 1700. The summed E-state index contributed by atoms with van der Waals surface area (Å²) in [6.07, 6.45) is 12.1. The monoisotopic (exact) mass is 588 g/mol. The topological polar surface area (TPSA) is 59.5 Å². The summed E-state index contributed by atoms with van der Waals surface area (Å²) in [4.78, 5) is 2.26. The van der Waals surface area contributed by atoms with E-state index in [9.17, 15) is 10.4 Å². The predicted octanol–water partition coefficient (Wildman–Crippen LogP) is 8.80. The van der Waals surface area contributed by atoms with Crippen molar-refractivity contribution in [3.05, 3.63) is 99.5 Å². The van der Waals surface area contributed by atoms with E-state index in [4.69, 9.17) is 11.2 Å². The molecule has 0 saturated heterocycles. The summed E-state index contributed by atoms with van der Waals surface area (Å²) in [5, 5.41) is 21.7. The lowest BCUT2D eigenvalue weighted by molar-refractivity contribution is -0.438. The summed E-state index contributed by atoms with van der Waals surface area (Å²) in [6.45, 7) is 18.7. The van der Waals surface area contributed by atoms with Gasteiger partial charge in [-0.3, -0.25) is 0 Å². The third kappa shape index (κ3) is 5.05. The first kappa shape index (κ1) is 32.4. The molecule has 0 radical (unpaired) electrons. The number of nitriles is 1. The standard InChI is InChI=1S/C37H39N3O2.C2H6/c1-9-12-19-40-30-16-14-13-15-28(30)36(4,5)33(40)22-27-34(24(10-2)23-38)26(35(27)41)21-32-37(6,7)29-20-25(42-8)17-18-31(29)39(32)11-3;1-2/h2,13-18,20-22H,9,11-12,19H2,1,3-8H3;1-2H3/p+1/b34-24-;. The van der Waals surface area contributed by atoms with E-state index in [0.717, 1.165) is 54.3 Å². The van der Waals surface area contributed by atoms with Crippen molar-refractivity contribution in [2.45, 2.75) is 79.1 Å². The normalized spacial score (nSPS) is 20.4. The first-order valence-corrected chi connectivity index (χ1v) is 15.8. The van der Waals surface area contributed by atoms with Gasteiger partial charge in [-0.25, -0.2) is 0 Å². The number of aliphatic hydroxyl groups excluding tert-OH is 1. The molecule has 1 N–H and O–H groups in total. The summed E-state index contributed by atoms with van der Waals surface area (Å²) in [5.41, 5.74) is 8.25. The lowest BCUT2D eigenvalue weighted by Gasteiger charge is -2.31. The molecule has 228 valence electrons. The maximum absolute atomic E-state index is 11.7. The Balaban J connectivity index is 0.00000216. The van der Waals surface area contributed by atoms with Crippen LogP contribution in [0.25, 0.3) is 0 Å². The van der Waals surface area contributed by atoms with E-state index < -0.39 is 0 Å². The molecule has 2 aromatic rings. The zero-order chi connectivity index (χ0) is 32.4. The summed E-state index contributed by atoms with van der Waals surface area (Å²) in [7, 11) is 1.68. The minimum absolute atomic E-state index is 0.163. The molecule has 1 aliphatic carbocycles. The Morgan fingerprint density at radius 3 is 2.36 bits per heavy atom. The van der Waals surface area contributed by atoms with Gasteiger partial charge in [0.15, 0.2) is 5.71 Å². The van der Waals surface area contributed by atoms with Crippen molar-refractivity contribution in [1.82, 2.24) is 0 Å². The van der Waals surface area contributed by atoms with E-state index in [1.54, 1.807) is 7.11 Å². The number of terminal acetylenes is 1. The number of ether oxygens (including phenoxy) is 1. The van der Waals surface area contributed by atoms with Crippen molar-refractivity contribution in [2.75, 3.05) is 25.1 Å². The van der Waals surface area contributed by atoms with E-state index in [1.165, 1.54) is 11.3 Å². The van der Waals surface area contributed by atoms with E-state index >= 15 is 0 Å². The number of allylic oxidation sites excluding steroid dienone is 6. The molecule has 0 saturated carbocycles. The molecular formula is C39H46N3O2+. The molecule has 0 atom stereocenters. The summed E-state index contributed by atoms with van der Waals surface area (Å²) < 4.78 is 7.89. The Kier molecular flexibility index (Phi) is 9.31. The smallest absolute Gasteiger partial charge is 0.209 e. The minimum atomic E-state index is -0.360. The van der Waals surface area contributed by atoms with E-state index in [-0.39, 0.29) is 22.2 Å². The van der Waals surface area contributed by atoms with Crippen LogP contribution in [0.5, 0.6) is 5.75 Å². The van der Waals surface area contributed by atoms with Gasteiger partial charge in [0.25, 0.3) is 0 Å². The van der Waals surface area contributed by atoms with Gasteiger partial charge in [0.1, 0.15) is 29.7 Å². The number of hydrogen-bond acceptors (Lipinski definition) is 4. The molecule has 0 bridgehead atoms. The van der Waals surface area contributed by atoms with Crippen LogP contribution in [0.4, 0.5) is 11.4 Å². The highest BCUT2D eigenvalue weighted by Crippen LogP contribution is 2.52. The molecule has 2 aliphatic heterocycles. The van der Waals surface area contributed by atoms with E-state index in [1.807, 2.05) is 32.1 Å². The molecule has 2 aromatic carbocycles. The van der Waals surface area contributed by atoms with Crippen LogP contribution in [-0.2, 0) is 10.8 Å². The third-order valence-corrected chi connectivity index (χ3v) is 9.07. The average molecular weight is 589 g/mol. The largest absolute Gasteiger partial charge is 0.507 e. The lowest BCUT2D eigenvalue weighted by Crippen LogP contribution is -2.30. The molecule has 0 unspecified atom stereocenters. The number of nitrogens with zero attached hydrogens (tertiary/aromatic N) is 3. The second-order valence-corrected chi connectivity index (χ2v) is 12.1. The summed E-state index contributed by atoms with van der Waals surface area (Å²) >= 11 is 0. The van der Waals surface area contributed by atoms with Crippen molar-refractivity contribution in [1.29, 1.82) is 5.26 Å². The predicted molar refractivity (Wildman–Crippen MR) is 182 cm³/mol. The van der Waals surface area contributed by atoms with Crippen molar-refractivity contribution in [2.24, 2.45) is 0 Å². The fourth-order valence-electron chi connectivity index (χ4n) is 6.69. The SMILES string of the molecule is C#C/C(C#N)=C1C(/C=C2\N(CC)c3ccc(OC)cc3C2(C)C)=C(O)C\1=C/C1=[N+](CCCC)c2ccccc2C1(C)C.CC. The van der Waals surface area contributed by atoms with Crippen LogP contribution in [0.1, 0.15) is 79.4 Å². The molecule has 5 nitrogen and oxygen atoms in total. The number of likely N-dealkylation sites (N-methyl/N-ethyl adjacent to an activating group) is 1. The number of anilines is 1. The van der Waals surface area contributed by atoms with E-state index in [0.29, 0.717) is 16.7 Å². The number of methoxy groups -OCH3 is 1. The number of fused-ring (bicyclic) bond motifs is 2. The molecule has 0 fully saturated rings. The fraction of sp³-hybridized carbons (Fsp3) is 0.385. The van der Waals surface area contributed by atoms with Crippen LogP contribution in [0.3, 0.4) is 0 Å². The van der Waals surface area contributed by atoms with Gasteiger partial charge >= 0.3 is 0 Å². The van der Waals surface area contributed by atoms with Crippen LogP contribution < -0.4 is 9.64 Å². The van der Waals surface area contributed by atoms with Crippen molar-refractivity contribution < 1.29 is 14.4 Å². The third-order valence-electron chi connectivity index (χ3n) is 9.07. The molecule has 5 heteroatoms. The number of aliphatic hydroxyl groups is 1. The van der Waals surface area contributed by atoms with Crippen molar-refractivity contribution >= 4 is 17.1 Å². The summed E-state index contributed by atoms with van der Waals surface area (Å²) in [5.74, 6) is 3.56. The Labute approximate surface area is 264 Å². The summed E-state index contributed by atoms with van der Waals surface area (Å²) in [6, 6.07) is 16.9. The highest BCUT2D eigenvalue weighted by molar-refractivity contribution is 6.05. The number of rotatable bonds is 7. The quantitative estimate of drug-likeness (QED) is 0.199. The van der Waals surface area contributed by atoms with Gasteiger partial charge in [-0.05, 0) is 50.6 Å². The Hall–Kier alpha value is -4.48. The van der Waals surface area contributed by atoms with Crippen LogP contribution in [0, 0.1) is 23.7 Å². The lowest BCUT2D eigenvalue weighted by atomic mass is 9.74. The van der Waals surface area contributed by atoms with Gasteiger partial charge in [0.05, 0.1) is 12.5 Å². The van der Waals surface area contributed by atoms with E-state index in [2.05, 4.69) is 99.4 Å². The van der Waals surface area contributed by atoms with Gasteiger partial charge in [-0.2, -0.15) is 9.84 Å². The molecule has 3 aliphatic rings. The van der Waals surface area contributed by atoms with Crippen LogP contribution >= 0.6 is 0 Å². The van der Waals surface area contributed by atoms with Gasteiger partial charge in [0, 0.05) is 64.2 Å². The van der Waals surface area contributed by atoms with Gasteiger partial charge < -0.3 is 14.7 Å². The highest BCUT2D eigenvalue weighted by Gasteiger charge is 2.46. The average Bonchev–Trinajstić information content (AvgIpc) is 3.39. The van der Waals surface area contributed by atoms with Crippen LogP contribution in [0.15, 0.2) is 88.4 Å². The number of benzene rings is 2. The molecule has 2 heterocycles. The first-order valence-electron chi connectivity index (χ1n) is 15.8. The highest BCUT2D eigenvalue weighted by atomic mass is 16.5. The van der Waals surface area contributed by atoms with Crippen molar-refractivity contribution in [3.8, 4) is 24.2 Å². The maximum atomic E-state index is 11.7. The molecule has 5 rings (SSSR count). The number of hydrogen-bond donors (Lipinski definition) is 1. The molecule has 0 spiro atoms. The van der Waals surface area contributed by atoms with Crippen LogP contribution in [0.2, 0.25) is 0 Å². The van der Waals surface area contributed by atoms with Crippen LogP contribution in [-0.4, -0.2) is 35.6 Å². The maximum Gasteiger partial charge on any atom is 0.209 e. The zero-order valence-electron chi connectivity index (χ0n) is 27.8.